The molecule has 0 saturated carbocycles. The number of carbonyl (C=O) groups is 1. The molecule has 0 bridgehead atoms. The number of rotatable bonds is 4. The van der Waals surface area contributed by atoms with Crippen LogP contribution in [0.2, 0.25) is 0 Å². The highest BCUT2D eigenvalue weighted by Gasteiger charge is 2.31. The van der Waals surface area contributed by atoms with E-state index in [1.807, 2.05) is 43.3 Å². The quantitative estimate of drug-likeness (QED) is 0.330. The molecule has 1 aliphatic heterocycles. The fraction of sp³-hybridized carbons (Fsp3) is 0.143. The normalized spacial score (nSPS) is 16.5. The highest BCUT2D eigenvalue weighted by molar-refractivity contribution is 8.18. The van der Waals surface area contributed by atoms with Gasteiger partial charge in [-0.25, -0.2) is 4.99 Å². The van der Waals surface area contributed by atoms with Gasteiger partial charge < -0.3 is 4.57 Å². The first kappa shape index (κ1) is 21.3. The minimum Gasteiger partial charge on any atom is -0.340 e. The third kappa shape index (κ3) is 4.12. The summed E-state index contributed by atoms with van der Waals surface area (Å²) in [7, 11) is 1.79. The van der Waals surface area contributed by atoms with Crippen LogP contribution in [0.3, 0.4) is 0 Å². The topological polar surface area (TPSA) is 37.6 Å². The number of nitrogens with zero attached hydrogens (tertiary/aromatic N) is 3. The third-order valence-electron chi connectivity index (χ3n) is 6.00. The van der Waals surface area contributed by atoms with Crippen molar-refractivity contribution in [1.82, 2.24) is 9.47 Å². The fourth-order valence-corrected chi connectivity index (χ4v) is 5.09. The second-order valence-corrected chi connectivity index (χ2v) is 9.30. The van der Waals surface area contributed by atoms with Crippen molar-refractivity contribution in [3.63, 3.8) is 0 Å². The molecule has 164 valence electrons. The molecule has 1 aromatic heterocycles. The number of fused-ring (bicyclic) bond motifs is 1. The number of carbonyl (C=O) groups excluding carboxylic acids is 1. The monoisotopic (exact) mass is 451 g/mol. The molecule has 4 nitrogen and oxygen atoms in total. The summed E-state index contributed by atoms with van der Waals surface area (Å²) in [5, 5.41) is 1.85. The zero-order chi connectivity index (χ0) is 22.9. The largest absolute Gasteiger partial charge is 0.340 e. The summed E-state index contributed by atoms with van der Waals surface area (Å²) < 4.78 is 2.33. The molecule has 1 saturated heterocycles. The van der Waals surface area contributed by atoms with Crippen LogP contribution in [-0.2, 0) is 11.3 Å². The summed E-state index contributed by atoms with van der Waals surface area (Å²) in [6.07, 6.45) is 2.03. The minimum absolute atomic E-state index is 0.0230. The summed E-state index contributed by atoms with van der Waals surface area (Å²) in [6, 6.07) is 26.9. The highest BCUT2D eigenvalue weighted by Crippen LogP contribution is 2.36. The Morgan fingerprint density at radius 1 is 0.909 bits per heavy atom. The Hall–Kier alpha value is -3.57. The van der Waals surface area contributed by atoms with Gasteiger partial charge in [0.2, 0.25) is 0 Å². The van der Waals surface area contributed by atoms with Crippen molar-refractivity contribution in [1.29, 1.82) is 0 Å². The fourth-order valence-electron chi connectivity index (χ4n) is 4.12. The molecule has 1 aliphatic rings. The standard InChI is InChI=1S/C28H25N3OS/c1-19-13-15-22(16-14-19)29-28-30(3)27(32)26(33-28)17-24-20(2)31(18-21-9-5-4-6-10-21)25-12-8-7-11-23(24)25/h4-17H,18H2,1-3H3/b26-17-,29-28?. The predicted octanol–water partition coefficient (Wildman–Crippen LogP) is 6.54. The third-order valence-corrected chi connectivity index (χ3v) is 7.06. The molecule has 1 fully saturated rings. The van der Waals surface area contributed by atoms with E-state index in [0.29, 0.717) is 10.1 Å². The van der Waals surface area contributed by atoms with E-state index in [-0.39, 0.29) is 5.91 Å². The first-order valence-electron chi connectivity index (χ1n) is 11.0. The van der Waals surface area contributed by atoms with Crippen molar-refractivity contribution in [2.75, 3.05) is 7.05 Å². The molecule has 1 amide bonds. The Kier molecular flexibility index (Phi) is 5.65. The number of hydrogen-bond acceptors (Lipinski definition) is 3. The number of hydrogen-bond donors (Lipinski definition) is 0. The van der Waals surface area contributed by atoms with E-state index in [4.69, 9.17) is 4.99 Å². The molecule has 5 heteroatoms. The van der Waals surface area contributed by atoms with E-state index in [9.17, 15) is 4.79 Å². The molecule has 0 N–H and O–H groups in total. The number of para-hydroxylation sites is 1. The van der Waals surface area contributed by atoms with Gasteiger partial charge in [0.1, 0.15) is 0 Å². The maximum atomic E-state index is 13.1. The van der Waals surface area contributed by atoms with Crippen molar-refractivity contribution < 1.29 is 4.79 Å². The van der Waals surface area contributed by atoms with Crippen molar-refractivity contribution >= 4 is 45.5 Å². The first-order valence-corrected chi connectivity index (χ1v) is 11.8. The Balaban J connectivity index is 1.54. The highest BCUT2D eigenvalue weighted by atomic mass is 32.2. The molecular weight excluding hydrogens is 426 g/mol. The lowest BCUT2D eigenvalue weighted by atomic mass is 10.1. The van der Waals surface area contributed by atoms with Crippen molar-refractivity contribution in [2.45, 2.75) is 20.4 Å². The number of thioether (sulfide) groups is 1. The van der Waals surface area contributed by atoms with Crippen LogP contribution in [0, 0.1) is 13.8 Å². The van der Waals surface area contributed by atoms with Crippen LogP contribution in [0.4, 0.5) is 5.69 Å². The van der Waals surface area contributed by atoms with Crippen LogP contribution < -0.4 is 0 Å². The van der Waals surface area contributed by atoms with Crippen LogP contribution in [-0.4, -0.2) is 27.6 Å². The van der Waals surface area contributed by atoms with Crippen LogP contribution in [0.25, 0.3) is 17.0 Å². The summed E-state index contributed by atoms with van der Waals surface area (Å²) >= 11 is 1.43. The Labute approximate surface area is 198 Å². The van der Waals surface area contributed by atoms with Gasteiger partial charge >= 0.3 is 0 Å². The zero-order valence-corrected chi connectivity index (χ0v) is 19.8. The van der Waals surface area contributed by atoms with Crippen LogP contribution in [0.5, 0.6) is 0 Å². The summed E-state index contributed by atoms with van der Waals surface area (Å²) in [5.41, 5.74) is 6.68. The molecular formula is C28H25N3OS. The Morgan fingerprint density at radius 3 is 2.36 bits per heavy atom. The van der Waals surface area contributed by atoms with Gasteiger partial charge in [0, 0.05) is 35.8 Å². The van der Waals surface area contributed by atoms with E-state index in [0.717, 1.165) is 28.9 Å². The van der Waals surface area contributed by atoms with Crippen LogP contribution in [0.1, 0.15) is 22.4 Å². The van der Waals surface area contributed by atoms with E-state index < -0.39 is 0 Å². The van der Waals surface area contributed by atoms with Gasteiger partial charge in [-0.1, -0.05) is 66.2 Å². The molecule has 0 radical (unpaired) electrons. The summed E-state index contributed by atoms with van der Waals surface area (Å²) in [6.45, 7) is 4.97. The molecule has 2 heterocycles. The molecule has 0 atom stereocenters. The summed E-state index contributed by atoms with van der Waals surface area (Å²) in [5.74, 6) is -0.0230. The molecule has 4 aromatic rings. The molecule has 0 aliphatic carbocycles. The van der Waals surface area contributed by atoms with Crippen LogP contribution in [0.15, 0.2) is 88.8 Å². The van der Waals surface area contributed by atoms with Gasteiger partial charge in [-0.2, -0.15) is 0 Å². The van der Waals surface area contributed by atoms with Crippen molar-refractivity contribution in [3.8, 4) is 0 Å². The number of aliphatic imine (C=N–C) groups is 1. The number of amidine groups is 1. The van der Waals surface area contributed by atoms with Gasteiger partial charge in [-0.3, -0.25) is 9.69 Å². The lowest BCUT2D eigenvalue weighted by molar-refractivity contribution is -0.121. The number of benzene rings is 3. The number of amides is 1. The predicted molar refractivity (Wildman–Crippen MR) is 139 cm³/mol. The lowest BCUT2D eigenvalue weighted by Crippen LogP contribution is -2.23. The van der Waals surface area contributed by atoms with Gasteiger partial charge in [0.15, 0.2) is 5.17 Å². The average Bonchev–Trinajstić information content (AvgIpc) is 3.25. The maximum absolute atomic E-state index is 13.1. The van der Waals surface area contributed by atoms with Gasteiger partial charge in [-0.05, 0) is 55.4 Å². The zero-order valence-electron chi connectivity index (χ0n) is 18.9. The number of aromatic nitrogens is 1. The minimum atomic E-state index is -0.0230. The molecule has 33 heavy (non-hydrogen) atoms. The van der Waals surface area contributed by atoms with Crippen LogP contribution >= 0.6 is 11.8 Å². The van der Waals surface area contributed by atoms with E-state index in [1.54, 1.807) is 11.9 Å². The molecule has 0 spiro atoms. The van der Waals surface area contributed by atoms with E-state index >= 15 is 0 Å². The van der Waals surface area contributed by atoms with Crippen molar-refractivity contribution in [3.05, 3.63) is 106 Å². The Morgan fingerprint density at radius 2 is 1.61 bits per heavy atom. The average molecular weight is 452 g/mol. The second-order valence-electron chi connectivity index (χ2n) is 8.29. The van der Waals surface area contributed by atoms with Gasteiger partial charge in [0.05, 0.1) is 10.6 Å². The van der Waals surface area contributed by atoms with Gasteiger partial charge in [0.25, 0.3) is 5.91 Å². The van der Waals surface area contributed by atoms with E-state index in [1.165, 1.54) is 28.4 Å². The van der Waals surface area contributed by atoms with Gasteiger partial charge in [-0.15, -0.1) is 0 Å². The molecule has 0 unspecified atom stereocenters. The van der Waals surface area contributed by atoms with E-state index in [2.05, 4.69) is 60.0 Å². The number of aryl methyl sites for hydroxylation is 1. The Bertz CT molecular complexity index is 1400. The summed E-state index contributed by atoms with van der Waals surface area (Å²) in [4.78, 5) is 20.1. The smallest absolute Gasteiger partial charge is 0.266 e. The van der Waals surface area contributed by atoms with Crippen molar-refractivity contribution in [2.24, 2.45) is 4.99 Å². The lowest BCUT2D eigenvalue weighted by Gasteiger charge is -2.08. The SMILES string of the molecule is Cc1ccc(N=C2S/C(=C\c3c(C)n(Cc4ccccc4)c4ccccc34)C(=O)N2C)cc1. The maximum Gasteiger partial charge on any atom is 0.266 e. The number of likely N-dealkylation sites (N-methyl/N-ethyl adjacent to an activating group) is 1. The molecule has 3 aromatic carbocycles. The second kappa shape index (κ2) is 8.75. The molecule has 5 rings (SSSR count). The first-order chi connectivity index (χ1) is 16.0.